The molecule has 0 aromatic carbocycles. The first-order chi connectivity index (χ1) is 2.41. The molecule has 2 nitrogen and oxygen atoms in total. The van der Waals surface area contributed by atoms with E-state index in [-0.39, 0.29) is 65.4 Å². The van der Waals surface area contributed by atoms with Gasteiger partial charge in [0.15, 0.2) is 0 Å². The maximum atomic E-state index is 9.03. The van der Waals surface area contributed by atoms with Crippen molar-refractivity contribution in [2.24, 2.45) is 0 Å². The van der Waals surface area contributed by atoms with E-state index in [9.17, 15) is 0 Å². The van der Waals surface area contributed by atoms with Crippen LogP contribution in [0.25, 0.3) is 0 Å². The second-order valence-corrected chi connectivity index (χ2v) is 0.437. The molecule has 7 heavy (non-hydrogen) atoms. The zero-order chi connectivity index (χ0) is 4.12. The summed E-state index contributed by atoms with van der Waals surface area (Å²) in [4.78, 5) is 9.03. The number of rotatable bonds is 2. The first kappa shape index (κ1) is 15.9. The smallest absolute Gasteiger partial charge is 0 e. The predicted molar refractivity (Wildman–Crippen MR) is 16.8 cm³/mol. The Morgan fingerprint density at radius 1 is 1.57 bits per heavy atom. The average Bonchev–Trinajstić information content (AvgIpc) is 1.41. The summed E-state index contributed by atoms with van der Waals surface area (Å²) in [5.74, 6) is 0. The van der Waals surface area contributed by atoms with Crippen molar-refractivity contribution in [3.05, 3.63) is 6.61 Å². The molecule has 0 unspecified atom stereocenters. The van der Waals surface area contributed by atoms with Gasteiger partial charge in [0, 0.05) is 65.4 Å². The van der Waals surface area contributed by atoms with E-state index >= 15 is 0 Å². The molecule has 0 atom stereocenters. The van der Waals surface area contributed by atoms with Crippen LogP contribution in [-0.4, -0.2) is 6.47 Å². The number of hydrogen-bond donors (Lipinski definition) is 0. The third-order valence-electron chi connectivity index (χ3n) is 0.166. The molecular formula is C3H4O2Y2-2. The molecule has 0 saturated heterocycles. The van der Waals surface area contributed by atoms with Crippen LogP contribution in [0, 0.1) is 6.61 Å². The monoisotopic (exact) mass is 250 g/mol. The molecule has 0 aliphatic rings. The number of hydrogen-bond acceptors (Lipinski definition) is 2. The molecule has 0 aromatic rings. The van der Waals surface area contributed by atoms with Gasteiger partial charge in [-0.1, -0.05) is 0 Å². The first-order valence-electron chi connectivity index (χ1n) is 1.22. The van der Waals surface area contributed by atoms with Gasteiger partial charge in [-0.05, 0) is 0 Å². The van der Waals surface area contributed by atoms with Crippen LogP contribution in [0.3, 0.4) is 0 Å². The predicted octanol–water partition coefficient (Wildman–Crippen LogP) is 0.247. The normalized spacial score (nSPS) is 4.71. The van der Waals surface area contributed by atoms with Gasteiger partial charge >= 0.3 is 0 Å². The van der Waals surface area contributed by atoms with Gasteiger partial charge in [0.1, 0.15) is 0 Å². The van der Waals surface area contributed by atoms with Gasteiger partial charge < -0.3 is 9.53 Å². The van der Waals surface area contributed by atoms with Crippen molar-refractivity contribution in [3.63, 3.8) is 0 Å². The molecule has 36 valence electrons. The van der Waals surface area contributed by atoms with Crippen LogP contribution in [0.5, 0.6) is 0 Å². The standard InChI is InChI=1S/C3H4O2.2Y/c1-2-5-3-4;;/h2H,1H3;;/q-2;;. The SMILES string of the molecule is C[CH-]O[C-]=O.[Y].[Y]. The van der Waals surface area contributed by atoms with Crippen molar-refractivity contribution < 1.29 is 74.9 Å². The molecule has 0 aliphatic heterocycles. The summed E-state index contributed by atoms with van der Waals surface area (Å²) in [5, 5.41) is 0. The second kappa shape index (κ2) is 15.6. The van der Waals surface area contributed by atoms with Crippen molar-refractivity contribution >= 4 is 6.47 Å². The van der Waals surface area contributed by atoms with E-state index in [4.69, 9.17) is 4.79 Å². The maximum Gasteiger partial charge on any atom is 0 e. The Labute approximate surface area is 93.5 Å². The zero-order valence-electron chi connectivity index (χ0n) is 4.05. The van der Waals surface area contributed by atoms with Crippen molar-refractivity contribution in [1.82, 2.24) is 0 Å². The van der Waals surface area contributed by atoms with E-state index in [1.807, 2.05) is 0 Å². The Morgan fingerprint density at radius 2 is 2.00 bits per heavy atom. The summed E-state index contributed by atoms with van der Waals surface area (Å²) < 4.78 is 3.90. The molecule has 0 rings (SSSR count). The molecule has 0 aliphatic carbocycles. The molecule has 0 bridgehead atoms. The largest absolute Gasteiger partial charge is 0.814 e. The van der Waals surface area contributed by atoms with Crippen molar-refractivity contribution in [2.45, 2.75) is 6.92 Å². The molecule has 0 amide bonds. The Morgan fingerprint density at radius 3 is 2.00 bits per heavy atom. The Kier molecular flexibility index (Phi) is 35.5. The van der Waals surface area contributed by atoms with Crippen LogP contribution in [0.4, 0.5) is 0 Å². The molecule has 0 saturated carbocycles. The second-order valence-electron chi connectivity index (χ2n) is 0.437. The van der Waals surface area contributed by atoms with Crippen molar-refractivity contribution in [2.75, 3.05) is 0 Å². The summed E-state index contributed by atoms with van der Waals surface area (Å²) in [7, 11) is 0. The first-order valence-corrected chi connectivity index (χ1v) is 1.22. The van der Waals surface area contributed by atoms with Gasteiger partial charge in [-0.25, -0.2) is 6.61 Å². The van der Waals surface area contributed by atoms with Gasteiger partial charge in [-0.3, -0.25) is 0 Å². The molecule has 4 heteroatoms. The summed E-state index contributed by atoms with van der Waals surface area (Å²) in [5.41, 5.74) is 0. The van der Waals surface area contributed by atoms with Gasteiger partial charge in [-0.15, -0.1) is 6.47 Å². The fraction of sp³-hybridized carbons (Fsp3) is 0.333. The molecule has 0 spiro atoms. The third kappa shape index (κ3) is 18.3. The molecule has 0 aromatic heterocycles. The van der Waals surface area contributed by atoms with E-state index in [0.717, 1.165) is 0 Å². The Hall–Kier alpha value is 1.68. The van der Waals surface area contributed by atoms with Crippen LogP contribution in [-0.2, 0) is 74.9 Å². The minimum Gasteiger partial charge on any atom is -0.814 e. The van der Waals surface area contributed by atoms with Gasteiger partial charge in [0.05, 0.1) is 0 Å². The van der Waals surface area contributed by atoms with Gasteiger partial charge in [0.25, 0.3) is 0 Å². The van der Waals surface area contributed by atoms with E-state index in [2.05, 4.69) is 4.74 Å². The van der Waals surface area contributed by atoms with Crippen molar-refractivity contribution in [3.8, 4) is 0 Å². The summed E-state index contributed by atoms with van der Waals surface area (Å²) >= 11 is 0. The fourth-order valence-corrected chi connectivity index (χ4v) is 0.0481. The summed E-state index contributed by atoms with van der Waals surface area (Å²) in [6.45, 7) is 4.07. The van der Waals surface area contributed by atoms with Gasteiger partial charge in [0.2, 0.25) is 0 Å². The minimum absolute atomic E-state index is 0. The number of ether oxygens (including phenoxy) is 1. The summed E-state index contributed by atoms with van der Waals surface area (Å²) in [6, 6.07) is 0. The molecule has 2 radical (unpaired) electrons. The molecule has 0 fully saturated rings. The maximum absolute atomic E-state index is 9.03. The van der Waals surface area contributed by atoms with Crippen LogP contribution < -0.4 is 0 Å². The average molecular weight is 250 g/mol. The van der Waals surface area contributed by atoms with E-state index in [1.54, 1.807) is 6.92 Å². The van der Waals surface area contributed by atoms with Gasteiger partial charge in [-0.2, -0.15) is 6.92 Å². The molecular weight excluding hydrogens is 246 g/mol. The van der Waals surface area contributed by atoms with E-state index in [1.165, 1.54) is 13.1 Å². The van der Waals surface area contributed by atoms with E-state index in [0.29, 0.717) is 0 Å². The minimum atomic E-state index is 0. The van der Waals surface area contributed by atoms with Crippen molar-refractivity contribution in [1.29, 1.82) is 0 Å². The number of carbonyl (C=O) groups excluding carboxylic acids is 1. The van der Waals surface area contributed by atoms with Crippen LogP contribution in [0.15, 0.2) is 0 Å². The molecule has 0 N–H and O–H groups in total. The Bertz CT molecular complexity index is 32.1. The fourth-order valence-electron chi connectivity index (χ4n) is 0.0481. The Balaban J connectivity index is -0.0000000800. The molecule has 0 heterocycles. The van der Waals surface area contributed by atoms with E-state index < -0.39 is 0 Å². The van der Waals surface area contributed by atoms with Crippen LogP contribution in [0.2, 0.25) is 0 Å². The zero-order valence-corrected chi connectivity index (χ0v) is 9.73. The quantitative estimate of drug-likeness (QED) is 0.656. The topological polar surface area (TPSA) is 26.3 Å². The van der Waals surface area contributed by atoms with Crippen LogP contribution >= 0.6 is 0 Å². The van der Waals surface area contributed by atoms with Crippen LogP contribution in [0.1, 0.15) is 6.92 Å². The third-order valence-corrected chi connectivity index (χ3v) is 0.166. The summed E-state index contributed by atoms with van der Waals surface area (Å²) in [6.07, 6.45) is 0.